The van der Waals surface area contributed by atoms with Crippen molar-refractivity contribution in [3.63, 3.8) is 0 Å². The van der Waals surface area contributed by atoms with Crippen LogP contribution in [0.15, 0.2) is 60.7 Å². The van der Waals surface area contributed by atoms with Crippen molar-refractivity contribution in [3.05, 3.63) is 105 Å². The van der Waals surface area contributed by atoms with E-state index in [1.807, 2.05) is 48.5 Å². The van der Waals surface area contributed by atoms with Gasteiger partial charge in [-0.15, -0.1) is 24.8 Å². The predicted octanol–water partition coefficient (Wildman–Crippen LogP) is 3.58. The van der Waals surface area contributed by atoms with Crippen molar-refractivity contribution in [2.24, 2.45) is 11.5 Å². The van der Waals surface area contributed by atoms with Gasteiger partial charge in [0.2, 0.25) is 0 Å². The average molecular weight is 700 g/mol. The Balaban J connectivity index is 0.00000576. The van der Waals surface area contributed by atoms with Crippen LogP contribution in [0.1, 0.15) is 54.1 Å². The molecule has 3 aromatic carbocycles. The highest BCUT2D eigenvalue weighted by Crippen LogP contribution is 2.19. The smallest absolute Gasteiger partial charge is 0.408 e. The zero-order valence-corrected chi connectivity index (χ0v) is 27.9. The standard InChI is InChI=1S/C34H34N4O8.2ClH/c1-43-31(39)29-17-28(12-6-14-46-34(42)38-22-26-10-4-8-24(16-26)20-36)30(32(40)44-2)18-27(29)11-5-13-45-33(41)37-21-25-9-3-7-23(15-25)19-35;;/h3-4,7-10,15-18H,13-14,19-22,35-36H2,1-2H3,(H,37,41)(H,38,42);2*1H. The maximum atomic E-state index is 12.6. The molecule has 0 atom stereocenters. The number of halogens is 2. The summed E-state index contributed by atoms with van der Waals surface area (Å²) in [6, 6.07) is 17.5. The van der Waals surface area contributed by atoms with E-state index in [-0.39, 0.29) is 73.4 Å². The normalized spacial score (nSPS) is 9.42. The first-order valence-corrected chi connectivity index (χ1v) is 14.0. The lowest BCUT2D eigenvalue weighted by molar-refractivity contribution is 0.0586. The fourth-order valence-corrected chi connectivity index (χ4v) is 4.01. The van der Waals surface area contributed by atoms with Crippen LogP contribution in [0.4, 0.5) is 9.59 Å². The van der Waals surface area contributed by atoms with E-state index >= 15 is 0 Å². The Morgan fingerprint density at radius 3 is 1.35 bits per heavy atom. The van der Waals surface area contributed by atoms with Gasteiger partial charge >= 0.3 is 24.1 Å². The SMILES string of the molecule is COC(=O)c1cc(C#CCOC(=O)NCc2cccc(CN)c2)c(C(=O)OC)cc1C#CCOC(=O)NCc1cccc(CN)c1.Cl.Cl. The number of carbonyl (C=O) groups excluding carboxylic acids is 4. The van der Waals surface area contributed by atoms with Gasteiger partial charge in [0.05, 0.1) is 25.3 Å². The van der Waals surface area contributed by atoms with E-state index in [0.29, 0.717) is 13.1 Å². The Morgan fingerprint density at radius 2 is 1.00 bits per heavy atom. The van der Waals surface area contributed by atoms with Gasteiger partial charge in [-0.25, -0.2) is 19.2 Å². The summed E-state index contributed by atoms with van der Waals surface area (Å²) in [5.74, 6) is 9.27. The molecule has 3 aromatic rings. The highest BCUT2D eigenvalue weighted by atomic mass is 35.5. The highest BCUT2D eigenvalue weighted by Gasteiger charge is 2.19. The first-order valence-electron chi connectivity index (χ1n) is 14.0. The topological polar surface area (TPSA) is 181 Å². The summed E-state index contributed by atoms with van der Waals surface area (Å²) in [6.07, 6.45) is -1.39. The maximum Gasteiger partial charge on any atom is 0.408 e. The summed E-state index contributed by atoms with van der Waals surface area (Å²) in [5.41, 5.74) is 15.1. The van der Waals surface area contributed by atoms with Crippen LogP contribution in [0, 0.1) is 23.7 Å². The summed E-state index contributed by atoms with van der Waals surface area (Å²) in [5, 5.41) is 5.23. The van der Waals surface area contributed by atoms with Crippen molar-refractivity contribution in [3.8, 4) is 23.7 Å². The molecule has 0 spiro atoms. The van der Waals surface area contributed by atoms with Crippen molar-refractivity contribution < 1.29 is 38.1 Å². The number of alkyl carbamates (subject to hydrolysis) is 2. The van der Waals surface area contributed by atoms with Crippen LogP contribution in [-0.4, -0.2) is 51.6 Å². The lowest BCUT2D eigenvalue weighted by Gasteiger charge is -2.09. The number of hydrogen-bond acceptors (Lipinski definition) is 10. The molecule has 3 rings (SSSR count). The molecule has 0 fully saturated rings. The lowest BCUT2D eigenvalue weighted by atomic mass is 9.98. The first-order chi connectivity index (χ1) is 22.3. The van der Waals surface area contributed by atoms with E-state index in [2.05, 4.69) is 34.3 Å². The minimum absolute atomic E-state index is 0. The van der Waals surface area contributed by atoms with Gasteiger partial charge in [0.25, 0.3) is 0 Å². The van der Waals surface area contributed by atoms with Crippen molar-refractivity contribution >= 4 is 48.9 Å². The number of hydrogen-bond donors (Lipinski definition) is 4. The van der Waals surface area contributed by atoms with E-state index in [4.69, 9.17) is 30.4 Å². The molecule has 14 heteroatoms. The summed E-state index contributed by atoms with van der Waals surface area (Å²) >= 11 is 0. The minimum atomic E-state index is -0.739. The first kappa shape index (κ1) is 40.8. The number of amides is 2. The molecule has 0 aromatic heterocycles. The summed E-state index contributed by atoms with van der Waals surface area (Å²) < 4.78 is 19.9. The Kier molecular flexibility index (Phi) is 18.3. The van der Waals surface area contributed by atoms with E-state index in [0.717, 1.165) is 22.3 Å². The number of methoxy groups -OCH3 is 2. The predicted molar refractivity (Wildman–Crippen MR) is 182 cm³/mol. The van der Waals surface area contributed by atoms with Gasteiger partial charge in [-0.05, 0) is 34.4 Å². The molecular weight excluding hydrogens is 663 g/mol. The van der Waals surface area contributed by atoms with Gasteiger partial charge in [-0.1, -0.05) is 72.2 Å². The molecule has 12 nitrogen and oxygen atoms in total. The highest BCUT2D eigenvalue weighted by molar-refractivity contribution is 5.98. The fourth-order valence-electron chi connectivity index (χ4n) is 4.01. The third kappa shape index (κ3) is 12.9. The monoisotopic (exact) mass is 698 g/mol. The van der Waals surface area contributed by atoms with Crippen molar-refractivity contribution in [1.82, 2.24) is 10.6 Å². The van der Waals surface area contributed by atoms with Crippen LogP contribution in [0.25, 0.3) is 0 Å². The Bertz CT molecular complexity index is 1590. The molecule has 0 aliphatic rings. The third-order valence-corrected chi connectivity index (χ3v) is 6.29. The summed E-state index contributed by atoms with van der Waals surface area (Å²) in [4.78, 5) is 49.3. The second-order valence-corrected chi connectivity index (χ2v) is 9.44. The lowest BCUT2D eigenvalue weighted by Crippen LogP contribution is -2.24. The number of ether oxygens (including phenoxy) is 4. The number of nitrogens with one attached hydrogen (secondary N) is 2. The van der Waals surface area contributed by atoms with E-state index < -0.39 is 24.1 Å². The van der Waals surface area contributed by atoms with Gasteiger partial charge in [-0.2, -0.15) is 0 Å². The van der Waals surface area contributed by atoms with Crippen LogP contribution in [0.5, 0.6) is 0 Å². The molecule has 48 heavy (non-hydrogen) atoms. The third-order valence-electron chi connectivity index (χ3n) is 6.29. The largest absolute Gasteiger partial charge is 0.465 e. The number of esters is 2. The molecule has 0 bridgehead atoms. The average Bonchev–Trinajstić information content (AvgIpc) is 3.09. The Hall–Kier alpha value is -5.24. The second kappa shape index (κ2) is 21.5. The molecule has 0 saturated heterocycles. The molecule has 0 heterocycles. The van der Waals surface area contributed by atoms with Gasteiger partial charge in [0.15, 0.2) is 13.2 Å². The molecule has 0 unspecified atom stereocenters. The Labute approximate surface area is 291 Å². The molecular formula is C34H36Cl2N4O8. The molecule has 0 radical (unpaired) electrons. The molecule has 0 aliphatic heterocycles. The zero-order chi connectivity index (χ0) is 33.3. The number of nitrogens with two attached hydrogens (primary N) is 2. The van der Waals surface area contributed by atoms with E-state index in [1.165, 1.54) is 26.4 Å². The number of rotatable bonds is 10. The van der Waals surface area contributed by atoms with Crippen LogP contribution in [0.2, 0.25) is 0 Å². The number of carbonyl (C=O) groups is 4. The maximum absolute atomic E-state index is 12.6. The molecule has 0 saturated carbocycles. The van der Waals surface area contributed by atoms with Gasteiger partial charge < -0.3 is 41.0 Å². The second-order valence-electron chi connectivity index (χ2n) is 9.44. The van der Waals surface area contributed by atoms with Gasteiger partial charge in [0, 0.05) is 37.3 Å². The van der Waals surface area contributed by atoms with Crippen molar-refractivity contribution in [1.29, 1.82) is 0 Å². The van der Waals surface area contributed by atoms with Crippen molar-refractivity contribution in [2.45, 2.75) is 26.2 Å². The molecule has 254 valence electrons. The van der Waals surface area contributed by atoms with Crippen LogP contribution < -0.4 is 22.1 Å². The van der Waals surface area contributed by atoms with Crippen LogP contribution in [-0.2, 0) is 45.1 Å². The fraction of sp³-hybridized carbons (Fsp3) is 0.235. The van der Waals surface area contributed by atoms with Crippen LogP contribution in [0.3, 0.4) is 0 Å². The molecule has 0 aliphatic carbocycles. The molecule has 6 N–H and O–H groups in total. The molecule has 2 amide bonds. The summed E-state index contributed by atoms with van der Waals surface area (Å²) in [6.45, 7) is 0.622. The van der Waals surface area contributed by atoms with E-state index in [9.17, 15) is 19.2 Å². The zero-order valence-electron chi connectivity index (χ0n) is 26.3. The Morgan fingerprint density at radius 1 is 0.625 bits per heavy atom. The minimum Gasteiger partial charge on any atom is -0.465 e. The van der Waals surface area contributed by atoms with Crippen molar-refractivity contribution in [2.75, 3.05) is 27.4 Å². The summed E-state index contributed by atoms with van der Waals surface area (Å²) in [7, 11) is 2.38. The van der Waals surface area contributed by atoms with Crippen LogP contribution >= 0.6 is 24.8 Å². The quantitative estimate of drug-likeness (QED) is 0.139. The van der Waals surface area contributed by atoms with Gasteiger partial charge in [-0.3, -0.25) is 0 Å². The van der Waals surface area contributed by atoms with E-state index in [1.54, 1.807) is 0 Å². The number of benzene rings is 3. The van der Waals surface area contributed by atoms with Gasteiger partial charge in [0.1, 0.15) is 0 Å².